The molecule has 0 radical (unpaired) electrons. The number of carbonyl (C=O) groups excluding carboxylic acids is 5. The number of H-pyrrole nitrogens is 1. The van der Waals surface area contributed by atoms with E-state index in [1.54, 1.807) is 12.1 Å². The Hall–Kier alpha value is -6.72. The van der Waals surface area contributed by atoms with E-state index in [1.807, 2.05) is 42.5 Å². The number of imide groups is 2. The minimum absolute atomic E-state index is 0.00594. The van der Waals surface area contributed by atoms with Crippen LogP contribution in [0, 0.1) is 11.6 Å². The average Bonchev–Trinajstić information content (AvgIpc) is 3.77. The molecule has 0 spiro atoms. The number of fused-ring (bicyclic) bond motifs is 2. The minimum Gasteiger partial charge on any atom is -0.381 e. The summed E-state index contributed by atoms with van der Waals surface area (Å²) < 4.78 is 39.9. The van der Waals surface area contributed by atoms with Crippen LogP contribution in [0.25, 0.3) is 10.9 Å². The van der Waals surface area contributed by atoms with Crippen LogP contribution in [-0.4, -0.2) is 108 Å². The number of aromatic amines is 1. The number of rotatable bonds is 11. The van der Waals surface area contributed by atoms with Gasteiger partial charge in [-0.25, -0.2) is 8.78 Å². The zero-order valence-corrected chi connectivity index (χ0v) is 34.8. The monoisotopic (exact) mass is 872 g/mol. The van der Waals surface area contributed by atoms with Gasteiger partial charge in [-0.15, -0.1) is 0 Å². The zero-order chi connectivity index (χ0) is 44.1. The molecule has 4 N–H and O–H groups in total. The first-order chi connectivity index (χ1) is 31.0. The number of benzene rings is 4. The summed E-state index contributed by atoms with van der Waals surface area (Å²) >= 11 is 0. The summed E-state index contributed by atoms with van der Waals surface area (Å²) in [6.07, 6.45) is 3.79. The summed E-state index contributed by atoms with van der Waals surface area (Å²) in [5.74, 6) is -3.36. The van der Waals surface area contributed by atoms with Crippen molar-refractivity contribution in [1.82, 2.24) is 20.4 Å². The number of nitrogens with one attached hydrogen (secondary N) is 4. The first-order valence-electron chi connectivity index (χ1n) is 21.8. The van der Waals surface area contributed by atoms with Gasteiger partial charge in [-0.2, -0.15) is 5.10 Å². The number of anilines is 4. The van der Waals surface area contributed by atoms with Crippen molar-refractivity contribution >= 4 is 63.3 Å². The topological polar surface area (TPSA) is 178 Å². The van der Waals surface area contributed by atoms with Crippen molar-refractivity contribution in [2.24, 2.45) is 0 Å². The third-order valence-corrected chi connectivity index (χ3v) is 12.8. The van der Waals surface area contributed by atoms with E-state index in [1.165, 1.54) is 12.1 Å². The van der Waals surface area contributed by atoms with E-state index < -0.39 is 41.3 Å². The average molecular weight is 873 g/mol. The highest BCUT2D eigenvalue weighted by molar-refractivity contribution is 6.23. The number of hydrogen-bond acceptors (Lipinski definition) is 11. The number of halogens is 2. The minimum atomic E-state index is -1.01. The molecule has 330 valence electrons. The van der Waals surface area contributed by atoms with E-state index in [4.69, 9.17) is 9.47 Å². The molecule has 6 heterocycles. The molecule has 10 rings (SSSR count). The summed E-state index contributed by atoms with van der Waals surface area (Å²) in [5, 5.41) is 16.9. The molecule has 1 unspecified atom stereocenters. The smallest absolute Gasteiger partial charge is 0.262 e. The highest BCUT2D eigenvalue weighted by Gasteiger charge is 2.45. The first-order valence-corrected chi connectivity index (χ1v) is 21.8. The molecule has 0 bridgehead atoms. The van der Waals surface area contributed by atoms with Crippen LogP contribution in [0.2, 0.25) is 0 Å². The fourth-order valence-corrected chi connectivity index (χ4v) is 9.41. The summed E-state index contributed by atoms with van der Waals surface area (Å²) in [4.78, 5) is 70.0. The second-order valence-corrected chi connectivity index (χ2v) is 17.1. The Balaban J connectivity index is 0.765. The Bertz CT molecular complexity index is 2670. The molecule has 0 aliphatic carbocycles. The highest BCUT2D eigenvalue weighted by atomic mass is 19.1. The van der Waals surface area contributed by atoms with E-state index in [2.05, 4.69) is 35.9 Å². The molecule has 5 aliphatic rings. The number of piperidine rings is 2. The van der Waals surface area contributed by atoms with Gasteiger partial charge in [-0.3, -0.25) is 39.3 Å². The van der Waals surface area contributed by atoms with E-state index in [-0.39, 0.29) is 48.1 Å². The number of ether oxygens (including phenoxy) is 2. The van der Waals surface area contributed by atoms with Crippen LogP contribution in [-0.2, 0) is 25.5 Å². The molecule has 5 aromatic rings. The third kappa shape index (κ3) is 8.28. The molecule has 1 aromatic heterocycles. The Kier molecular flexibility index (Phi) is 11.0. The second-order valence-electron chi connectivity index (χ2n) is 17.1. The standard InChI is InChI=1S/C47H46F2N8O7/c48-28-18-27(19-29(49)21-28)17-26-1-6-39-38(20-26)43(54-53-39)52-44(59)36-5-3-32(23-40(36)50-30-11-15-63-16-12-30)55-13-9-33(10-14-55)64-34-24-56(25-34)31-2-4-35-37(22-31)47(62)57(46(35)61)41-7-8-42(58)51-45(41)60/h1-6,18-23,30,33-34,41,50H,7-17,24-25H2,(H,51,58,60)(H2,52,53,54,59). The van der Waals surface area contributed by atoms with Gasteiger partial charge >= 0.3 is 0 Å². The number of carbonyl (C=O) groups is 5. The largest absolute Gasteiger partial charge is 0.381 e. The van der Waals surface area contributed by atoms with Gasteiger partial charge in [0.1, 0.15) is 17.7 Å². The maximum absolute atomic E-state index is 14.0. The van der Waals surface area contributed by atoms with Crippen LogP contribution in [0.3, 0.4) is 0 Å². The lowest BCUT2D eigenvalue weighted by atomic mass is 10.0. The predicted octanol–water partition coefficient (Wildman–Crippen LogP) is 5.55. The van der Waals surface area contributed by atoms with Gasteiger partial charge in [-0.05, 0) is 110 Å². The number of aromatic nitrogens is 2. The Morgan fingerprint density at radius 3 is 2.28 bits per heavy atom. The fraction of sp³-hybridized carbons (Fsp3) is 0.362. The molecule has 0 saturated carbocycles. The maximum atomic E-state index is 14.0. The summed E-state index contributed by atoms with van der Waals surface area (Å²) in [5.41, 5.74) is 5.48. The summed E-state index contributed by atoms with van der Waals surface area (Å²) in [6.45, 7) is 4.06. The third-order valence-electron chi connectivity index (χ3n) is 12.8. The molecule has 64 heavy (non-hydrogen) atoms. The van der Waals surface area contributed by atoms with Crippen molar-refractivity contribution < 1.29 is 42.2 Å². The summed E-state index contributed by atoms with van der Waals surface area (Å²) in [7, 11) is 0. The van der Waals surface area contributed by atoms with E-state index in [0.717, 1.165) is 66.7 Å². The lowest BCUT2D eigenvalue weighted by Gasteiger charge is -2.44. The normalized spacial score (nSPS) is 19.8. The second kappa shape index (κ2) is 17.1. The van der Waals surface area contributed by atoms with Crippen LogP contribution < -0.4 is 25.8 Å². The quantitative estimate of drug-likeness (QED) is 0.122. The Morgan fingerprint density at radius 1 is 0.781 bits per heavy atom. The zero-order valence-electron chi connectivity index (χ0n) is 34.8. The number of amides is 5. The van der Waals surface area contributed by atoms with Gasteiger partial charge in [0.05, 0.1) is 34.4 Å². The SMILES string of the molecule is O=C1CCC(N2C(=O)c3ccc(N4CC(OC5CCN(c6ccc(C(=O)Nc7n[nH]c8ccc(Cc9cc(F)cc(F)c9)cc78)c(NC7CCOCC7)c6)CC5)C4)cc3C2=O)C(=O)N1. The highest BCUT2D eigenvalue weighted by Crippen LogP contribution is 2.35. The van der Waals surface area contributed by atoms with E-state index in [0.29, 0.717) is 66.3 Å². The molecule has 4 fully saturated rings. The predicted molar refractivity (Wildman–Crippen MR) is 233 cm³/mol. The van der Waals surface area contributed by atoms with Crippen LogP contribution in [0.4, 0.5) is 31.7 Å². The van der Waals surface area contributed by atoms with Crippen molar-refractivity contribution in [3.05, 3.63) is 112 Å². The van der Waals surface area contributed by atoms with Crippen molar-refractivity contribution in [3.8, 4) is 0 Å². The summed E-state index contributed by atoms with van der Waals surface area (Å²) in [6, 6.07) is 19.1. The van der Waals surface area contributed by atoms with Crippen molar-refractivity contribution in [2.75, 3.05) is 59.8 Å². The van der Waals surface area contributed by atoms with Gasteiger partial charge in [-0.1, -0.05) is 6.07 Å². The van der Waals surface area contributed by atoms with Gasteiger partial charge in [0.2, 0.25) is 11.8 Å². The van der Waals surface area contributed by atoms with Crippen molar-refractivity contribution in [2.45, 2.75) is 69.2 Å². The number of nitrogens with zero attached hydrogens (tertiary/aromatic N) is 4. The molecule has 4 saturated heterocycles. The van der Waals surface area contributed by atoms with Crippen LogP contribution in [0.5, 0.6) is 0 Å². The maximum Gasteiger partial charge on any atom is 0.262 e. The molecule has 15 nitrogen and oxygen atoms in total. The van der Waals surface area contributed by atoms with Crippen LogP contribution >= 0.6 is 0 Å². The Labute approximate surface area is 366 Å². The van der Waals surface area contributed by atoms with Gasteiger partial charge in [0.15, 0.2) is 5.82 Å². The van der Waals surface area contributed by atoms with Crippen molar-refractivity contribution in [1.29, 1.82) is 0 Å². The molecular formula is C47H46F2N8O7. The first kappa shape index (κ1) is 41.3. The van der Waals surface area contributed by atoms with Crippen LogP contribution in [0.1, 0.15) is 80.7 Å². The molecule has 5 aliphatic heterocycles. The molecular weight excluding hydrogens is 827 g/mol. The molecule has 17 heteroatoms. The van der Waals surface area contributed by atoms with Gasteiger partial charge < -0.3 is 29.9 Å². The Morgan fingerprint density at radius 2 is 1.52 bits per heavy atom. The number of hydrogen-bond donors (Lipinski definition) is 4. The molecule has 5 amide bonds. The molecule has 4 aromatic carbocycles. The van der Waals surface area contributed by atoms with Gasteiger partial charge in [0.25, 0.3) is 17.7 Å². The van der Waals surface area contributed by atoms with E-state index >= 15 is 0 Å². The molecule has 1 atom stereocenters. The van der Waals surface area contributed by atoms with Gasteiger partial charge in [0, 0.05) is 80.4 Å². The van der Waals surface area contributed by atoms with E-state index in [9.17, 15) is 32.8 Å². The fourth-order valence-electron chi connectivity index (χ4n) is 9.41. The van der Waals surface area contributed by atoms with Crippen LogP contribution in [0.15, 0.2) is 72.8 Å². The lowest BCUT2D eigenvalue weighted by Crippen LogP contribution is -2.54. The lowest BCUT2D eigenvalue weighted by molar-refractivity contribution is -0.136. The van der Waals surface area contributed by atoms with Crippen molar-refractivity contribution in [3.63, 3.8) is 0 Å².